The minimum atomic E-state index is 0.354. The van der Waals surface area contributed by atoms with Gasteiger partial charge in [0.15, 0.2) is 16.7 Å². The molecule has 2 rings (SSSR count). The van der Waals surface area contributed by atoms with Gasteiger partial charge in [0.05, 0.1) is 7.11 Å². The number of nitrogens with one attached hydrogen (secondary N) is 1. The number of halogens is 1. The van der Waals surface area contributed by atoms with Crippen molar-refractivity contribution in [3.8, 4) is 5.75 Å². The molecule has 0 radical (unpaired) electrons. The standard InChI is InChI=1S/C12H18ClN3OS/c1-17-10-11(13)14-7-15-12(10)16-8-4-3-5-9(6-8)18-2/h7-9H,3-6H2,1-2H3,(H,14,15,16). The van der Waals surface area contributed by atoms with E-state index < -0.39 is 0 Å². The Kier molecular flexibility index (Phi) is 4.95. The third-order valence-electron chi connectivity index (χ3n) is 3.26. The molecule has 0 aromatic carbocycles. The van der Waals surface area contributed by atoms with Crippen molar-refractivity contribution in [2.45, 2.75) is 37.0 Å². The van der Waals surface area contributed by atoms with Crippen LogP contribution in [0.25, 0.3) is 0 Å². The fraction of sp³-hybridized carbons (Fsp3) is 0.667. The Balaban J connectivity index is 2.07. The molecule has 0 aliphatic heterocycles. The summed E-state index contributed by atoms with van der Waals surface area (Å²) < 4.78 is 5.25. The van der Waals surface area contributed by atoms with Crippen molar-refractivity contribution in [2.24, 2.45) is 0 Å². The molecule has 4 nitrogen and oxygen atoms in total. The van der Waals surface area contributed by atoms with Crippen LogP contribution in [-0.4, -0.2) is 34.6 Å². The maximum absolute atomic E-state index is 5.98. The second kappa shape index (κ2) is 6.48. The molecule has 0 bridgehead atoms. The summed E-state index contributed by atoms with van der Waals surface area (Å²) in [5.74, 6) is 1.23. The number of hydrogen-bond donors (Lipinski definition) is 1. The molecule has 2 unspecified atom stereocenters. The molecule has 0 spiro atoms. The maximum Gasteiger partial charge on any atom is 0.198 e. The second-order valence-corrected chi connectivity index (χ2v) is 5.91. The highest BCUT2D eigenvalue weighted by Crippen LogP contribution is 2.33. The molecule has 1 aliphatic rings. The highest BCUT2D eigenvalue weighted by Gasteiger charge is 2.23. The SMILES string of the molecule is COc1c(Cl)ncnc1NC1CCCC(SC)C1. The Morgan fingerprint density at radius 1 is 1.44 bits per heavy atom. The van der Waals surface area contributed by atoms with Crippen LogP contribution < -0.4 is 10.1 Å². The highest BCUT2D eigenvalue weighted by molar-refractivity contribution is 7.99. The molecule has 0 saturated heterocycles. The number of methoxy groups -OCH3 is 1. The van der Waals surface area contributed by atoms with Crippen LogP contribution in [0.2, 0.25) is 5.15 Å². The first kappa shape index (κ1) is 13.7. The Labute approximate surface area is 117 Å². The fourth-order valence-corrected chi connectivity index (χ4v) is 3.36. The number of rotatable bonds is 4. The lowest BCUT2D eigenvalue weighted by Gasteiger charge is -2.29. The van der Waals surface area contributed by atoms with E-state index in [-0.39, 0.29) is 0 Å². The molecule has 2 atom stereocenters. The van der Waals surface area contributed by atoms with Crippen LogP contribution in [0.15, 0.2) is 6.33 Å². The third-order valence-corrected chi connectivity index (χ3v) is 4.63. The van der Waals surface area contributed by atoms with E-state index in [4.69, 9.17) is 16.3 Å². The number of thioether (sulfide) groups is 1. The van der Waals surface area contributed by atoms with Crippen LogP contribution in [0.4, 0.5) is 5.82 Å². The molecule has 1 aliphatic carbocycles. The second-order valence-electron chi connectivity index (χ2n) is 4.41. The van der Waals surface area contributed by atoms with E-state index in [1.165, 1.54) is 25.6 Å². The summed E-state index contributed by atoms with van der Waals surface area (Å²) in [6, 6.07) is 0.441. The summed E-state index contributed by atoms with van der Waals surface area (Å²) >= 11 is 7.93. The number of ether oxygens (including phenoxy) is 1. The predicted molar refractivity (Wildman–Crippen MR) is 76.8 cm³/mol. The van der Waals surface area contributed by atoms with Gasteiger partial charge in [0.2, 0.25) is 0 Å². The Hall–Kier alpha value is -0.680. The normalized spacial score (nSPS) is 23.7. The average molecular weight is 288 g/mol. The van der Waals surface area contributed by atoms with E-state index in [9.17, 15) is 0 Å². The van der Waals surface area contributed by atoms with Gasteiger partial charge < -0.3 is 10.1 Å². The Morgan fingerprint density at radius 2 is 2.28 bits per heavy atom. The van der Waals surface area contributed by atoms with Gasteiger partial charge in [-0.05, 0) is 25.5 Å². The molecule has 1 saturated carbocycles. The van der Waals surface area contributed by atoms with Gasteiger partial charge in [-0.25, -0.2) is 9.97 Å². The van der Waals surface area contributed by atoms with Crippen molar-refractivity contribution in [2.75, 3.05) is 18.7 Å². The van der Waals surface area contributed by atoms with Gasteiger partial charge in [-0.2, -0.15) is 11.8 Å². The van der Waals surface area contributed by atoms with E-state index in [1.807, 2.05) is 11.8 Å². The molecule has 1 aromatic rings. The topological polar surface area (TPSA) is 47.0 Å². The molecule has 1 heterocycles. The summed E-state index contributed by atoms with van der Waals surface area (Å²) in [7, 11) is 1.58. The van der Waals surface area contributed by atoms with Crippen molar-refractivity contribution in [3.05, 3.63) is 11.5 Å². The van der Waals surface area contributed by atoms with Crippen LogP contribution in [-0.2, 0) is 0 Å². The van der Waals surface area contributed by atoms with Gasteiger partial charge >= 0.3 is 0 Å². The number of hydrogen-bond acceptors (Lipinski definition) is 5. The molecule has 1 N–H and O–H groups in total. The molecule has 1 fully saturated rings. The van der Waals surface area contributed by atoms with Gasteiger partial charge in [0.25, 0.3) is 0 Å². The van der Waals surface area contributed by atoms with Crippen LogP contribution in [0, 0.1) is 0 Å². The lowest BCUT2D eigenvalue weighted by Crippen LogP contribution is -2.29. The molecular formula is C12H18ClN3OS. The zero-order valence-electron chi connectivity index (χ0n) is 10.6. The van der Waals surface area contributed by atoms with Gasteiger partial charge in [0.1, 0.15) is 6.33 Å². The zero-order chi connectivity index (χ0) is 13.0. The van der Waals surface area contributed by atoms with Crippen molar-refractivity contribution in [3.63, 3.8) is 0 Å². The smallest absolute Gasteiger partial charge is 0.198 e. The monoisotopic (exact) mass is 287 g/mol. The van der Waals surface area contributed by atoms with E-state index in [0.29, 0.717) is 22.8 Å². The fourth-order valence-electron chi connectivity index (χ4n) is 2.32. The third kappa shape index (κ3) is 3.20. The summed E-state index contributed by atoms with van der Waals surface area (Å²) in [6.07, 6.45) is 8.52. The first-order valence-electron chi connectivity index (χ1n) is 6.08. The maximum atomic E-state index is 5.98. The van der Waals surface area contributed by atoms with Crippen LogP contribution in [0.3, 0.4) is 0 Å². The summed E-state index contributed by atoms with van der Waals surface area (Å²) in [5.41, 5.74) is 0. The summed E-state index contributed by atoms with van der Waals surface area (Å²) in [5, 5.41) is 4.52. The largest absolute Gasteiger partial charge is 0.490 e. The number of aromatic nitrogens is 2. The minimum absolute atomic E-state index is 0.354. The minimum Gasteiger partial charge on any atom is -0.490 e. The number of nitrogens with zero attached hydrogens (tertiary/aromatic N) is 2. The van der Waals surface area contributed by atoms with Gasteiger partial charge in [-0.15, -0.1) is 0 Å². The lowest BCUT2D eigenvalue weighted by atomic mass is 9.95. The van der Waals surface area contributed by atoms with Crippen molar-refractivity contribution in [1.82, 2.24) is 9.97 Å². The Bertz CT molecular complexity index is 405. The van der Waals surface area contributed by atoms with E-state index in [0.717, 1.165) is 11.7 Å². The highest BCUT2D eigenvalue weighted by atomic mass is 35.5. The summed E-state index contributed by atoms with van der Waals surface area (Å²) in [4.78, 5) is 8.14. The van der Waals surface area contributed by atoms with Crippen molar-refractivity contribution in [1.29, 1.82) is 0 Å². The first-order chi connectivity index (χ1) is 8.74. The van der Waals surface area contributed by atoms with Gasteiger partial charge in [0, 0.05) is 11.3 Å². The number of anilines is 1. The predicted octanol–water partition coefficient (Wildman–Crippen LogP) is 3.22. The van der Waals surface area contributed by atoms with Crippen molar-refractivity contribution >= 4 is 29.2 Å². The average Bonchev–Trinajstić information content (AvgIpc) is 2.39. The summed E-state index contributed by atoms with van der Waals surface area (Å²) in [6.45, 7) is 0. The van der Waals surface area contributed by atoms with Crippen molar-refractivity contribution < 1.29 is 4.74 Å². The van der Waals surface area contributed by atoms with Crippen LogP contribution in [0.1, 0.15) is 25.7 Å². The van der Waals surface area contributed by atoms with Gasteiger partial charge in [-0.3, -0.25) is 0 Å². The lowest BCUT2D eigenvalue weighted by molar-refractivity contribution is 0.409. The first-order valence-corrected chi connectivity index (χ1v) is 7.75. The van der Waals surface area contributed by atoms with E-state index >= 15 is 0 Å². The van der Waals surface area contributed by atoms with E-state index in [2.05, 4.69) is 21.5 Å². The molecule has 1 aromatic heterocycles. The molecule has 100 valence electrons. The zero-order valence-corrected chi connectivity index (χ0v) is 12.2. The van der Waals surface area contributed by atoms with Gasteiger partial charge in [-0.1, -0.05) is 18.0 Å². The quantitative estimate of drug-likeness (QED) is 0.862. The Morgan fingerprint density at radius 3 is 3.00 bits per heavy atom. The molecular weight excluding hydrogens is 270 g/mol. The van der Waals surface area contributed by atoms with Crippen LogP contribution in [0.5, 0.6) is 5.75 Å². The molecule has 0 amide bonds. The molecule has 6 heteroatoms. The van der Waals surface area contributed by atoms with E-state index in [1.54, 1.807) is 7.11 Å². The van der Waals surface area contributed by atoms with Crippen LogP contribution >= 0.6 is 23.4 Å². The molecule has 18 heavy (non-hydrogen) atoms.